The van der Waals surface area contributed by atoms with Crippen LogP contribution >= 0.6 is 11.6 Å². The molecule has 7 nitrogen and oxygen atoms in total. The number of ether oxygens (including phenoxy) is 1. The third kappa shape index (κ3) is 3.68. The Morgan fingerprint density at radius 3 is 2.60 bits per heavy atom. The maximum absolute atomic E-state index is 9.16. The first-order valence-electron chi connectivity index (χ1n) is 6.73. The van der Waals surface area contributed by atoms with Crippen LogP contribution in [0.3, 0.4) is 0 Å². The van der Waals surface area contributed by atoms with E-state index in [0.717, 1.165) is 13.1 Å². The topological polar surface area (TPSA) is 74.6 Å². The molecule has 0 saturated carbocycles. The summed E-state index contributed by atoms with van der Waals surface area (Å²) >= 11 is 6.01. The van der Waals surface area contributed by atoms with Gasteiger partial charge >= 0.3 is 0 Å². The van der Waals surface area contributed by atoms with E-state index in [9.17, 15) is 0 Å². The lowest BCUT2D eigenvalue weighted by atomic mass is 10.3. The molecule has 0 bridgehead atoms. The molecule has 1 aliphatic rings. The maximum Gasteiger partial charge on any atom is 0.231 e. The van der Waals surface area contributed by atoms with E-state index >= 15 is 0 Å². The quantitative estimate of drug-likeness (QED) is 0.852. The number of hydrogen-bond acceptors (Lipinski definition) is 7. The summed E-state index contributed by atoms with van der Waals surface area (Å²) in [6.45, 7) is 7.31. The largest absolute Gasteiger partial charge is 0.395 e. The molecule has 0 aliphatic carbocycles. The average molecular weight is 302 g/mol. The van der Waals surface area contributed by atoms with Crippen LogP contribution in [0.2, 0.25) is 5.28 Å². The van der Waals surface area contributed by atoms with Crippen molar-refractivity contribution in [2.45, 2.75) is 19.9 Å². The third-order valence-corrected chi connectivity index (χ3v) is 3.27. The van der Waals surface area contributed by atoms with Crippen molar-refractivity contribution in [3.05, 3.63) is 5.28 Å². The van der Waals surface area contributed by atoms with Crippen LogP contribution in [0.15, 0.2) is 0 Å². The lowest BCUT2D eigenvalue weighted by molar-refractivity contribution is 0.122. The fourth-order valence-corrected chi connectivity index (χ4v) is 2.21. The van der Waals surface area contributed by atoms with Crippen LogP contribution < -0.4 is 9.80 Å². The average Bonchev–Trinajstić information content (AvgIpc) is 2.44. The Kier molecular flexibility index (Phi) is 5.33. The zero-order valence-corrected chi connectivity index (χ0v) is 12.5. The van der Waals surface area contributed by atoms with E-state index in [1.165, 1.54) is 0 Å². The summed E-state index contributed by atoms with van der Waals surface area (Å²) in [4.78, 5) is 16.8. The highest BCUT2D eigenvalue weighted by molar-refractivity contribution is 6.28. The minimum absolute atomic E-state index is 0.0361. The molecule has 8 heteroatoms. The van der Waals surface area contributed by atoms with Crippen molar-refractivity contribution < 1.29 is 9.84 Å². The smallest absolute Gasteiger partial charge is 0.231 e. The van der Waals surface area contributed by atoms with Crippen LogP contribution in [-0.2, 0) is 4.74 Å². The minimum atomic E-state index is 0.0361. The van der Waals surface area contributed by atoms with Gasteiger partial charge in [-0.05, 0) is 25.4 Å². The minimum Gasteiger partial charge on any atom is -0.395 e. The normalized spacial score (nSPS) is 15.8. The molecule has 0 amide bonds. The van der Waals surface area contributed by atoms with E-state index in [2.05, 4.69) is 15.0 Å². The molecule has 1 saturated heterocycles. The molecular weight excluding hydrogens is 282 g/mol. The molecule has 0 atom stereocenters. The number of rotatable bonds is 5. The van der Waals surface area contributed by atoms with E-state index in [1.807, 2.05) is 23.6 Å². The third-order valence-electron chi connectivity index (χ3n) is 3.10. The number of aliphatic hydroxyl groups excluding tert-OH is 1. The van der Waals surface area contributed by atoms with Gasteiger partial charge in [-0.15, -0.1) is 0 Å². The predicted octanol–water partition coefficient (Wildman–Crippen LogP) is 0.569. The van der Waals surface area contributed by atoms with E-state index < -0.39 is 0 Å². The molecule has 1 fully saturated rings. The van der Waals surface area contributed by atoms with E-state index in [4.69, 9.17) is 21.4 Å². The van der Waals surface area contributed by atoms with Crippen molar-refractivity contribution in [1.29, 1.82) is 0 Å². The van der Waals surface area contributed by atoms with Crippen LogP contribution in [-0.4, -0.2) is 65.6 Å². The standard InChI is InChI=1S/C12H20ClN5O2/c1-9(2)18(3-6-19)12-15-10(13)14-11(16-12)17-4-7-20-8-5-17/h9,19H,3-8H2,1-2H3. The summed E-state index contributed by atoms with van der Waals surface area (Å²) in [5, 5.41) is 9.33. The zero-order valence-electron chi connectivity index (χ0n) is 11.8. The number of morpholine rings is 1. The number of anilines is 2. The molecule has 0 aromatic carbocycles. The summed E-state index contributed by atoms with van der Waals surface area (Å²) in [5.74, 6) is 1.06. The Morgan fingerprint density at radius 1 is 1.30 bits per heavy atom. The van der Waals surface area contributed by atoms with Gasteiger partial charge in [-0.2, -0.15) is 15.0 Å². The van der Waals surface area contributed by atoms with Gasteiger partial charge in [-0.3, -0.25) is 0 Å². The summed E-state index contributed by atoms with van der Waals surface area (Å²) < 4.78 is 5.32. The highest BCUT2D eigenvalue weighted by Gasteiger charge is 2.19. The number of nitrogens with zero attached hydrogens (tertiary/aromatic N) is 5. The molecule has 112 valence electrons. The van der Waals surface area contributed by atoms with Crippen LogP contribution in [0.5, 0.6) is 0 Å². The van der Waals surface area contributed by atoms with Gasteiger partial charge in [0.15, 0.2) is 0 Å². The Morgan fingerprint density at radius 2 is 2.00 bits per heavy atom. The molecule has 0 radical (unpaired) electrons. The first kappa shape index (κ1) is 15.2. The molecule has 2 rings (SSSR count). The van der Waals surface area contributed by atoms with Crippen molar-refractivity contribution in [1.82, 2.24) is 15.0 Å². The first-order valence-corrected chi connectivity index (χ1v) is 7.11. The fraction of sp³-hybridized carbons (Fsp3) is 0.750. The molecule has 2 heterocycles. The molecule has 0 spiro atoms. The Labute approximate surface area is 123 Å². The van der Waals surface area contributed by atoms with Gasteiger partial charge in [-0.1, -0.05) is 0 Å². The molecule has 1 aromatic heterocycles. The van der Waals surface area contributed by atoms with Crippen molar-refractivity contribution in [2.24, 2.45) is 0 Å². The van der Waals surface area contributed by atoms with E-state index in [1.54, 1.807) is 0 Å². The lowest BCUT2D eigenvalue weighted by Crippen LogP contribution is -2.39. The van der Waals surface area contributed by atoms with Gasteiger partial charge in [-0.25, -0.2) is 0 Å². The number of hydrogen-bond donors (Lipinski definition) is 1. The van der Waals surface area contributed by atoms with Crippen molar-refractivity contribution in [3.63, 3.8) is 0 Å². The molecule has 0 unspecified atom stereocenters. The van der Waals surface area contributed by atoms with Crippen molar-refractivity contribution >= 4 is 23.5 Å². The predicted molar refractivity (Wildman–Crippen MR) is 77.4 cm³/mol. The van der Waals surface area contributed by atoms with Crippen LogP contribution in [0.4, 0.5) is 11.9 Å². The fourth-order valence-electron chi connectivity index (χ4n) is 2.06. The number of aliphatic hydroxyl groups is 1. The SMILES string of the molecule is CC(C)N(CCO)c1nc(Cl)nc(N2CCOCC2)n1. The molecule has 1 N–H and O–H groups in total. The molecule has 20 heavy (non-hydrogen) atoms. The molecule has 1 aromatic rings. The van der Waals surface area contributed by atoms with Gasteiger partial charge in [0.2, 0.25) is 17.2 Å². The summed E-state index contributed by atoms with van der Waals surface area (Å²) in [6.07, 6.45) is 0. The summed E-state index contributed by atoms with van der Waals surface area (Å²) in [5.41, 5.74) is 0. The number of halogens is 1. The van der Waals surface area contributed by atoms with Gasteiger partial charge < -0.3 is 19.6 Å². The van der Waals surface area contributed by atoms with E-state index in [-0.39, 0.29) is 17.9 Å². The van der Waals surface area contributed by atoms with Crippen LogP contribution in [0.25, 0.3) is 0 Å². The molecule has 1 aliphatic heterocycles. The Bertz CT molecular complexity index is 440. The maximum atomic E-state index is 9.16. The van der Waals surface area contributed by atoms with Gasteiger partial charge in [0.25, 0.3) is 0 Å². The van der Waals surface area contributed by atoms with Gasteiger partial charge in [0.1, 0.15) is 0 Å². The van der Waals surface area contributed by atoms with Gasteiger partial charge in [0, 0.05) is 25.7 Å². The second-order valence-electron chi connectivity index (χ2n) is 4.81. The Balaban J connectivity index is 2.26. The van der Waals surface area contributed by atoms with Crippen LogP contribution in [0.1, 0.15) is 13.8 Å². The lowest BCUT2D eigenvalue weighted by Gasteiger charge is -2.29. The van der Waals surface area contributed by atoms with Crippen molar-refractivity contribution in [2.75, 3.05) is 49.3 Å². The molecular formula is C12H20ClN5O2. The van der Waals surface area contributed by atoms with E-state index in [0.29, 0.717) is 31.7 Å². The second kappa shape index (κ2) is 7.01. The van der Waals surface area contributed by atoms with Crippen molar-refractivity contribution in [3.8, 4) is 0 Å². The first-order chi connectivity index (χ1) is 9.61. The monoisotopic (exact) mass is 301 g/mol. The Hall–Kier alpha value is -1.18. The highest BCUT2D eigenvalue weighted by Crippen LogP contribution is 2.19. The number of aromatic nitrogens is 3. The zero-order chi connectivity index (χ0) is 14.5. The summed E-state index contributed by atoms with van der Waals surface area (Å²) in [7, 11) is 0. The highest BCUT2D eigenvalue weighted by atomic mass is 35.5. The van der Waals surface area contributed by atoms with Crippen LogP contribution in [0, 0.1) is 0 Å². The van der Waals surface area contributed by atoms with Gasteiger partial charge in [0.05, 0.1) is 19.8 Å². The second-order valence-corrected chi connectivity index (χ2v) is 5.15. The summed E-state index contributed by atoms with van der Waals surface area (Å²) in [6, 6.07) is 0.165.